The highest BCUT2D eigenvalue weighted by Gasteiger charge is 2.17. The van der Waals surface area contributed by atoms with Gasteiger partial charge in [0, 0.05) is 11.3 Å². The van der Waals surface area contributed by atoms with Crippen molar-refractivity contribution in [3.63, 3.8) is 0 Å². The predicted molar refractivity (Wildman–Crippen MR) is 93.7 cm³/mol. The lowest BCUT2D eigenvalue weighted by Crippen LogP contribution is -2.25. The number of anilines is 2. The van der Waals surface area contributed by atoms with Crippen LogP contribution in [0.3, 0.4) is 0 Å². The average molecular weight is 324 g/mol. The van der Waals surface area contributed by atoms with Crippen LogP contribution in [0.25, 0.3) is 0 Å². The Morgan fingerprint density at radius 1 is 1.12 bits per heavy atom. The maximum absolute atomic E-state index is 12.4. The quantitative estimate of drug-likeness (QED) is 0.887. The van der Waals surface area contributed by atoms with E-state index in [1.54, 1.807) is 18.2 Å². The second-order valence-electron chi connectivity index (χ2n) is 6.83. The first-order chi connectivity index (χ1) is 11.3. The van der Waals surface area contributed by atoms with Crippen LogP contribution in [-0.4, -0.2) is 18.4 Å². The molecule has 0 unspecified atom stereocenters. The fourth-order valence-electron chi connectivity index (χ4n) is 2.49. The van der Waals surface area contributed by atoms with E-state index >= 15 is 0 Å². The normalized spacial score (nSPS) is 13.5. The van der Waals surface area contributed by atoms with Crippen LogP contribution in [-0.2, 0) is 10.2 Å². The van der Waals surface area contributed by atoms with Crippen LogP contribution in [0.4, 0.5) is 11.4 Å². The van der Waals surface area contributed by atoms with E-state index < -0.39 is 0 Å². The molecule has 0 fully saturated rings. The molecule has 2 amide bonds. The van der Waals surface area contributed by atoms with Crippen LogP contribution in [0.1, 0.15) is 36.7 Å². The second-order valence-corrected chi connectivity index (χ2v) is 6.83. The van der Waals surface area contributed by atoms with Crippen molar-refractivity contribution in [3.05, 3.63) is 53.6 Å². The minimum Gasteiger partial charge on any atom is -0.482 e. The Balaban J connectivity index is 1.75. The van der Waals surface area contributed by atoms with E-state index in [1.165, 1.54) is 5.56 Å². The number of hydrogen-bond donors (Lipinski definition) is 2. The van der Waals surface area contributed by atoms with Crippen LogP contribution in [0.2, 0.25) is 0 Å². The largest absolute Gasteiger partial charge is 0.482 e. The van der Waals surface area contributed by atoms with Crippen molar-refractivity contribution in [2.75, 3.05) is 17.2 Å². The molecule has 1 aliphatic rings. The average Bonchev–Trinajstić information content (AvgIpc) is 2.53. The lowest BCUT2D eigenvalue weighted by molar-refractivity contribution is -0.118. The van der Waals surface area contributed by atoms with E-state index in [4.69, 9.17) is 4.74 Å². The van der Waals surface area contributed by atoms with Gasteiger partial charge in [-0.3, -0.25) is 9.59 Å². The molecule has 3 rings (SSSR count). The van der Waals surface area contributed by atoms with E-state index in [1.807, 2.05) is 24.3 Å². The molecule has 2 aromatic carbocycles. The molecule has 0 aliphatic carbocycles. The Morgan fingerprint density at radius 2 is 1.83 bits per heavy atom. The summed E-state index contributed by atoms with van der Waals surface area (Å²) < 4.78 is 5.30. The number of fused-ring (bicyclic) bond motifs is 1. The predicted octanol–water partition coefficient (Wildman–Crippen LogP) is 3.57. The maximum Gasteiger partial charge on any atom is 0.262 e. The Bertz CT molecular complexity index is 789. The van der Waals surface area contributed by atoms with Crippen molar-refractivity contribution in [3.8, 4) is 5.75 Å². The summed E-state index contributed by atoms with van der Waals surface area (Å²) in [5.74, 6) is 0.198. The van der Waals surface area contributed by atoms with Gasteiger partial charge in [-0.2, -0.15) is 0 Å². The molecule has 0 bridgehead atoms. The molecule has 0 radical (unpaired) electrons. The molecule has 124 valence electrons. The van der Waals surface area contributed by atoms with Crippen LogP contribution < -0.4 is 15.4 Å². The maximum atomic E-state index is 12.4. The molecule has 0 atom stereocenters. The van der Waals surface area contributed by atoms with E-state index in [-0.39, 0.29) is 23.8 Å². The van der Waals surface area contributed by atoms with Gasteiger partial charge in [-0.15, -0.1) is 0 Å². The number of carbonyl (C=O) groups excluding carboxylic acids is 2. The number of nitrogens with one attached hydrogen (secondary N) is 2. The number of ether oxygens (including phenoxy) is 1. The number of carbonyl (C=O) groups is 2. The molecule has 2 N–H and O–H groups in total. The fraction of sp³-hybridized carbons (Fsp3) is 0.263. The van der Waals surface area contributed by atoms with Gasteiger partial charge in [-0.25, -0.2) is 0 Å². The molecule has 0 spiro atoms. The monoisotopic (exact) mass is 324 g/mol. The zero-order chi connectivity index (χ0) is 17.3. The first-order valence-electron chi connectivity index (χ1n) is 7.81. The van der Waals surface area contributed by atoms with Gasteiger partial charge in [0.1, 0.15) is 5.75 Å². The molecule has 24 heavy (non-hydrogen) atoms. The summed E-state index contributed by atoms with van der Waals surface area (Å²) in [5, 5.41) is 5.56. The molecule has 1 aliphatic heterocycles. The van der Waals surface area contributed by atoms with E-state index in [2.05, 4.69) is 31.4 Å². The summed E-state index contributed by atoms with van der Waals surface area (Å²) in [7, 11) is 0. The Morgan fingerprint density at radius 3 is 2.50 bits per heavy atom. The van der Waals surface area contributed by atoms with Crippen LogP contribution in [0, 0.1) is 0 Å². The molecule has 0 saturated carbocycles. The zero-order valence-corrected chi connectivity index (χ0v) is 14.0. The number of amides is 2. The van der Waals surface area contributed by atoms with Gasteiger partial charge in [0.25, 0.3) is 11.8 Å². The second kappa shape index (κ2) is 6.00. The van der Waals surface area contributed by atoms with Crippen LogP contribution in [0.5, 0.6) is 5.75 Å². The Hall–Kier alpha value is -2.82. The minimum atomic E-state index is -0.205. The van der Waals surface area contributed by atoms with E-state index in [0.29, 0.717) is 22.7 Å². The molecule has 1 heterocycles. The van der Waals surface area contributed by atoms with Gasteiger partial charge in [-0.05, 0) is 41.3 Å². The van der Waals surface area contributed by atoms with Crippen LogP contribution >= 0.6 is 0 Å². The number of rotatable bonds is 2. The first-order valence-corrected chi connectivity index (χ1v) is 7.81. The smallest absolute Gasteiger partial charge is 0.262 e. The molecule has 2 aromatic rings. The molecule has 5 heteroatoms. The van der Waals surface area contributed by atoms with Gasteiger partial charge < -0.3 is 15.4 Å². The van der Waals surface area contributed by atoms with Gasteiger partial charge in [0.2, 0.25) is 0 Å². The van der Waals surface area contributed by atoms with Crippen molar-refractivity contribution in [2.45, 2.75) is 26.2 Å². The first kappa shape index (κ1) is 16.1. The molecule has 5 nitrogen and oxygen atoms in total. The van der Waals surface area contributed by atoms with Gasteiger partial charge in [0.15, 0.2) is 6.61 Å². The lowest BCUT2D eigenvalue weighted by Gasteiger charge is -2.19. The summed E-state index contributed by atoms with van der Waals surface area (Å²) in [6.45, 7) is 6.40. The van der Waals surface area contributed by atoms with Gasteiger partial charge in [-0.1, -0.05) is 32.9 Å². The van der Waals surface area contributed by atoms with E-state index in [9.17, 15) is 9.59 Å². The highest BCUT2D eigenvalue weighted by molar-refractivity contribution is 6.05. The third kappa shape index (κ3) is 3.40. The topological polar surface area (TPSA) is 67.4 Å². The molecular weight excluding hydrogens is 304 g/mol. The number of benzene rings is 2. The molecule has 0 saturated heterocycles. The molecule has 0 aromatic heterocycles. The summed E-state index contributed by atoms with van der Waals surface area (Å²) >= 11 is 0. The zero-order valence-electron chi connectivity index (χ0n) is 14.0. The summed E-state index contributed by atoms with van der Waals surface area (Å²) in [5.41, 5.74) is 2.97. The fourth-order valence-corrected chi connectivity index (χ4v) is 2.49. The SMILES string of the molecule is CC(C)(C)c1ccc(C(=O)Nc2ccc3c(c2)NC(=O)CO3)cc1. The van der Waals surface area contributed by atoms with Crippen molar-refractivity contribution < 1.29 is 14.3 Å². The lowest BCUT2D eigenvalue weighted by atomic mass is 9.87. The van der Waals surface area contributed by atoms with Crippen molar-refractivity contribution in [1.29, 1.82) is 0 Å². The molecular formula is C19H20N2O3. The Kier molecular flexibility index (Phi) is 4.01. The van der Waals surface area contributed by atoms with E-state index in [0.717, 1.165) is 0 Å². The van der Waals surface area contributed by atoms with Gasteiger partial charge in [0.05, 0.1) is 5.69 Å². The third-order valence-corrected chi connectivity index (χ3v) is 3.88. The third-order valence-electron chi connectivity index (χ3n) is 3.88. The Labute approximate surface area is 141 Å². The van der Waals surface area contributed by atoms with Crippen molar-refractivity contribution in [2.24, 2.45) is 0 Å². The summed E-state index contributed by atoms with van der Waals surface area (Å²) in [6, 6.07) is 12.7. The van der Waals surface area contributed by atoms with Crippen molar-refractivity contribution >= 4 is 23.2 Å². The highest BCUT2D eigenvalue weighted by atomic mass is 16.5. The number of hydrogen-bond acceptors (Lipinski definition) is 3. The highest BCUT2D eigenvalue weighted by Crippen LogP contribution is 2.30. The van der Waals surface area contributed by atoms with Crippen LogP contribution in [0.15, 0.2) is 42.5 Å². The summed E-state index contributed by atoms with van der Waals surface area (Å²) in [4.78, 5) is 23.7. The summed E-state index contributed by atoms with van der Waals surface area (Å²) in [6.07, 6.45) is 0. The minimum absolute atomic E-state index is 0.0127. The standard InChI is InChI=1S/C19H20N2O3/c1-19(2,3)13-6-4-12(5-7-13)18(23)20-14-8-9-16-15(10-14)21-17(22)11-24-16/h4-10H,11H2,1-3H3,(H,20,23)(H,21,22). The van der Waals surface area contributed by atoms with Gasteiger partial charge >= 0.3 is 0 Å². The van der Waals surface area contributed by atoms with Crippen molar-refractivity contribution in [1.82, 2.24) is 0 Å².